The van der Waals surface area contributed by atoms with Gasteiger partial charge in [-0.05, 0) is 25.0 Å². The van der Waals surface area contributed by atoms with Crippen LogP contribution in [-0.2, 0) is 9.59 Å². The molecule has 180 valence electrons. The molecule has 0 aliphatic carbocycles. The first-order valence-electron chi connectivity index (χ1n) is 12.0. The largest absolute Gasteiger partial charge is 0.361 e. The van der Waals surface area contributed by atoms with Gasteiger partial charge in [0.25, 0.3) is 0 Å². The maximum atomic E-state index is 12.0. The molecule has 0 aliphatic heterocycles. The predicted molar refractivity (Wildman–Crippen MR) is 140 cm³/mol. The molecule has 4 aromatic rings. The maximum Gasteiger partial charge on any atom is 0.240 e. The average molecular weight is 471 g/mol. The van der Waals surface area contributed by atoms with Crippen LogP contribution >= 0.6 is 0 Å². The molecule has 35 heavy (non-hydrogen) atoms. The summed E-state index contributed by atoms with van der Waals surface area (Å²) in [4.78, 5) is 30.3. The monoisotopic (exact) mass is 470 g/mol. The van der Waals surface area contributed by atoms with Gasteiger partial charge in [0.1, 0.15) is 0 Å². The summed E-state index contributed by atoms with van der Waals surface area (Å²) in [6.45, 7) is 0. The molecule has 0 aliphatic rings. The van der Waals surface area contributed by atoms with Gasteiger partial charge >= 0.3 is 0 Å². The van der Waals surface area contributed by atoms with E-state index in [2.05, 4.69) is 31.0 Å². The molecular weight excluding hydrogens is 440 g/mol. The van der Waals surface area contributed by atoms with E-state index < -0.39 is 0 Å². The van der Waals surface area contributed by atoms with Gasteiger partial charge in [-0.15, -0.1) is 0 Å². The van der Waals surface area contributed by atoms with Crippen LogP contribution in [0.25, 0.3) is 21.8 Å². The van der Waals surface area contributed by atoms with E-state index in [-0.39, 0.29) is 11.8 Å². The summed E-state index contributed by atoms with van der Waals surface area (Å²) in [6, 6.07) is 15.9. The second-order valence-electron chi connectivity index (χ2n) is 8.43. The Morgan fingerprint density at radius 3 is 1.57 bits per heavy atom. The number of amides is 2. The lowest BCUT2D eigenvalue weighted by atomic mass is 10.1. The second kappa shape index (κ2) is 12.3. The Kier molecular flexibility index (Phi) is 8.42. The minimum Gasteiger partial charge on any atom is -0.361 e. The summed E-state index contributed by atoms with van der Waals surface area (Å²) in [6.07, 6.45) is 12.4. The summed E-state index contributed by atoms with van der Waals surface area (Å²) in [5, 5.41) is 10.3. The van der Waals surface area contributed by atoms with Gasteiger partial charge in [0, 0.05) is 58.2 Å². The molecule has 0 radical (unpaired) electrons. The Morgan fingerprint density at radius 1 is 0.657 bits per heavy atom. The Hall–Kier alpha value is -4.20. The molecule has 2 aromatic carbocycles. The number of carbonyl (C=O) groups is 2. The topological polar surface area (TPSA) is 114 Å². The van der Waals surface area contributed by atoms with Crippen LogP contribution < -0.4 is 10.9 Å². The lowest BCUT2D eigenvalue weighted by Crippen LogP contribution is -2.17. The van der Waals surface area contributed by atoms with E-state index in [0.29, 0.717) is 12.8 Å². The molecule has 0 bridgehead atoms. The number of carbonyl (C=O) groups excluding carboxylic acids is 2. The lowest BCUT2D eigenvalue weighted by molar-refractivity contribution is -0.121. The molecule has 0 spiro atoms. The Morgan fingerprint density at radius 2 is 1.09 bits per heavy atom. The van der Waals surface area contributed by atoms with Crippen molar-refractivity contribution < 1.29 is 9.59 Å². The second-order valence-corrected chi connectivity index (χ2v) is 8.43. The summed E-state index contributed by atoms with van der Waals surface area (Å²) < 4.78 is 0. The number of aromatic nitrogens is 2. The molecule has 0 saturated heterocycles. The van der Waals surface area contributed by atoms with Crippen molar-refractivity contribution >= 4 is 46.0 Å². The third-order valence-electron chi connectivity index (χ3n) is 5.84. The number of unbranched alkanes of at least 4 members (excludes halogenated alkanes) is 4. The van der Waals surface area contributed by atoms with Gasteiger partial charge in [-0.3, -0.25) is 9.59 Å². The number of aromatic amines is 2. The van der Waals surface area contributed by atoms with Crippen molar-refractivity contribution in [3.63, 3.8) is 0 Å². The number of para-hydroxylation sites is 2. The first kappa shape index (κ1) is 23.9. The van der Waals surface area contributed by atoms with Crippen molar-refractivity contribution in [1.29, 1.82) is 0 Å². The van der Waals surface area contributed by atoms with E-state index in [9.17, 15) is 9.59 Å². The molecule has 2 heterocycles. The number of hydrazone groups is 2. The number of rotatable bonds is 12. The Balaban J connectivity index is 1.04. The summed E-state index contributed by atoms with van der Waals surface area (Å²) in [7, 11) is 0. The third kappa shape index (κ3) is 6.89. The maximum absolute atomic E-state index is 12.0. The molecule has 8 heteroatoms. The van der Waals surface area contributed by atoms with Gasteiger partial charge in [-0.1, -0.05) is 55.7 Å². The van der Waals surface area contributed by atoms with Crippen LogP contribution in [0.5, 0.6) is 0 Å². The molecule has 8 nitrogen and oxygen atoms in total. The van der Waals surface area contributed by atoms with Crippen molar-refractivity contribution in [3.05, 3.63) is 72.1 Å². The predicted octanol–water partition coefficient (Wildman–Crippen LogP) is 4.98. The number of fused-ring (bicyclic) bond motifs is 2. The third-order valence-corrected chi connectivity index (χ3v) is 5.84. The minimum atomic E-state index is -0.0893. The highest BCUT2D eigenvalue weighted by Gasteiger charge is 2.04. The fourth-order valence-electron chi connectivity index (χ4n) is 3.96. The number of nitrogens with zero attached hydrogens (tertiary/aromatic N) is 2. The highest BCUT2D eigenvalue weighted by atomic mass is 16.2. The molecule has 4 rings (SSSR count). The van der Waals surface area contributed by atoms with E-state index in [1.54, 1.807) is 12.4 Å². The van der Waals surface area contributed by atoms with Crippen molar-refractivity contribution in [3.8, 4) is 0 Å². The van der Waals surface area contributed by atoms with Crippen molar-refractivity contribution in [2.45, 2.75) is 44.9 Å². The highest BCUT2D eigenvalue weighted by Crippen LogP contribution is 2.16. The van der Waals surface area contributed by atoms with E-state index in [0.717, 1.165) is 65.0 Å². The molecular formula is C27H30N6O2. The number of hydrogen-bond acceptors (Lipinski definition) is 4. The molecule has 2 aromatic heterocycles. The van der Waals surface area contributed by atoms with Crippen LogP contribution in [0.2, 0.25) is 0 Å². The van der Waals surface area contributed by atoms with Crippen LogP contribution in [-0.4, -0.2) is 34.2 Å². The summed E-state index contributed by atoms with van der Waals surface area (Å²) in [5.74, 6) is -0.179. The number of H-pyrrole nitrogens is 2. The molecule has 4 N–H and O–H groups in total. The van der Waals surface area contributed by atoms with Gasteiger partial charge in [-0.25, -0.2) is 10.9 Å². The van der Waals surface area contributed by atoms with Gasteiger partial charge in [0.2, 0.25) is 11.8 Å². The smallest absolute Gasteiger partial charge is 0.240 e. The Labute approximate surface area is 203 Å². The zero-order valence-corrected chi connectivity index (χ0v) is 19.6. The van der Waals surface area contributed by atoms with Crippen LogP contribution in [0, 0.1) is 0 Å². The van der Waals surface area contributed by atoms with Gasteiger partial charge in [-0.2, -0.15) is 10.2 Å². The van der Waals surface area contributed by atoms with Gasteiger partial charge in [0.05, 0.1) is 12.4 Å². The van der Waals surface area contributed by atoms with Crippen LogP contribution in [0.1, 0.15) is 56.1 Å². The standard InChI is InChI=1S/C27H30N6O2/c34-26(32-30-18-20-16-28-24-12-8-6-10-22(20)24)14-4-2-1-3-5-15-27(35)33-31-19-21-17-29-25-13-9-7-11-23(21)25/h6-13,16-19,28-29H,1-5,14-15H2,(H,32,34)(H,33,35)/b30-18-,31-19-. The quantitative estimate of drug-likeness (QED) is 0.133. The van der Waals surface area contributed by atoms with Crippen molar-refractivity contribution in [1.82, 2.24) is 20.8 Å². The Bertz CT molecular complexity index is 1230. The van der Waals surface area contributed by atoms with Gasteiger partial charge < -0.3 is 9.97 Å². The number of nitrogens with one attached hydrogen (secondary N) is 4. The lowest BCUT2D eigenvalue weighted by Gasteiger charge is -2.02. The zero-order chi connectivity index (χ0) is 24.3. The fourth-order valence-corrected chi connectivity index (χ4v) is 3.96. The normalized spacial score (nSPS) is 11.7. The van der Waals surface area contributed by atoms with Crippen LogP contribution in [0.15, 0.2) is 71.1 Å². The fraction of sp³-hybridized carbons (Fsp3) is 0.259. The van der Waals surface area contributed by atoms with E-state index in [1.807, 2.05) is 60.9 Å². The summed E-state index contributed by atoms with van der Waals surface area (Å²) in [5.41, 5.74) is 9.13. The SMILES string of the molecule is O=C(CCCCCCCC(=O)N/N=C\c1c[nH]c2ccccc12)N/N=C\c1c[nH]c2ccccc12. The molecule has 0 saturated carbocycles. The zero-order valence-electron chi connectivity index (χ0n) is 19.6. The van der Waals surface area contributed by atoms with Crippen molar-refractivity contribution in [2.24, 2.45) is 10.2 Å². The molecule has 0 fully saturated rings. The van der Waals surface area contributed by atoms with E-state index in [1.165, 1.54) is 0 Å². The first-order valence-corrected chi connectivity index (χ1v) is 12.0. The molecule has 0 unspecified atom stereocenters. The minimum absolute atomic E-state index is 0.0893. The number of hydrogen-bond donors (Lipinski definition) is 4. The van der Waals surface area contributed by atoms with Gasteiger partial charge in [0.15, 0.2) is 0 Å². The van der Waals surface area contributed by atoms with E-state index in [4.69, 9.17) is 0 Å². The van der Waals surface area contributed by atoms with E-state index >= 15 is 0 Å². The molecule has 0 atom stereocenters. The molecule has 2 amide bonds. The number of benzene rings is 2. The average Bonchev–Trinajstić information content (AvgIpc) is 3.48. The van der Waals surface area contributed by atoms with Crippen LogP contribution in [0.4, 0.5) is 0 Å². The van der Waals surface area contributed by atoms with Crippen LogP contribution in [0.3, 0.4) is 0 Å². The summed E-state index contributed by atoms with van der Waals surface area (Å²) >= 11 is 0. The first-order chi connectivity index (χ1) is 17.2. The highest BCUT2D eigenvalue weighted by molar-refractivity contribution is 6.00. The van der Waals surface area contributed by atoms with Crippen molar-refractivity contribution in [2.75, 3.05) is 0 Å².